The number of aromatic nitrogens is 3. The third-order valence-corrected chi connectivity index (χ3v) is 11.5. The normalized spacial score (nSPS) is 18.2. The first-order valence-electron chi connectivity index (χ1n) is 14.6. The summed E-state index contributed by atoms with van der Waals surface area (Å²) < 4.78 is 3.37. The molecule has 218 valence electrons. The van der Waals surface area contributed by atoms with Gasteiger partial charge < -0.3 is 0 Å². The number of hydrogen-bond donors (Lipinski definition) is 0. The van der Waals surface area contributed by atoms with Crippen LogP contribution in [0.4, 0.5) is 0 Å². The number of rotatable bonds is 0. The molecule has 4 heterocycles. The Morgan fingerprint density at radius 1 is 0.587 bits per heavy atom. The largest absolute Gasteiger partial charge is 0.283 e. The van der Waals surface area contributed by atoms with Crippen molar-refractivity contribution in [3.63, 3.8) is 0 Å². The van der Waals surface area contributed by atoms with Crippen LogP contribution in [0.25, 0.3) is 81.3 Å². The molecule has 0 spiro atoms. The quantitative estimate of drug-likeness (QED) is 0.119. The summed E-state index contributed by atoms with van der Waals surface area (Å²) in [4.78, 5) is 38.1. The summed E-state index contributed by atoms with van der Waals surface area (Å²) in [5.41, 5.74) is 2.11. The molecule has 46 heavy (non-hydrogen) atoms. The van der Waals surface area contributed by atoms with Crippen molar-refractivity contribution < 1.29 is 0 Å². The molecule has 1 aliphatic carbocycles. The first-order valence-corrected chi connectivity index (χ1v) is 16.1. The Labute approximate surface area is 276 Å². The van der Waals surface area contributed by atoms with Gasteiger partial charge in [-0.1, -0.05) is 70.7 Å². The summed E-state index contributed by atoms with van der Waals surface area (Å²) in [5, 5.41) is 12.3. The zero-order chi connectivity index (χ0) is 30.9. The van der Waals surface area contributed by atoms with Crippen LogP contribution in [-0.4, -0.2) is 20.0 Å². The van der Waals surface area contributed by atoms with Crippen molar-refractivity contribution in [2.45, 2.75) is 12.1 Å². The second-order valence-corrected chi connectivity index (χ2v) is 13.7. The minimum atomic E-state index is -0.335. The van der Waals surface area contributed by atoms with Crippen molar-refractivity contribution >= 4 is 128 Å². The molecule has 1 aliphatic heterocycles. The molecule has 10 heteroatoms. The zero-order valence-electron chi connectivity index (χ0n) is 23.2. The number of imidazole rings is 1. The molecule has 0 saturated carbocycles. The minimum Gasteiger partial charge on any atom is -0.283 e. The maximum Gasteiger partial charge on any atom is 0.264 e. The van der Waals surface area contributed by atoms with E-state index in [1.807, 2.05) is 42.5 Å². The minimum absolute atomic E-state index is 0.115. The van der Waals surface area contributed by atoms with E-state index in [0.29, 0.717) is 53.1 Å². The van der Waals surface area contributed by atoms with Crippen molar-refractivity contribution in [2.24, 2.45) is 4.99 Å². The predicted octanol–water partition coefficient (Wildman–Crippen LogP) is 8.63. The topological polar surface area (TPSA) is 68.7 Å². The Morgan fingerprint density at radius 2 is 1.11 bits per heavy atom. The number of pyridine rings is 2. The first kappa shape index (κ1) is 25.7. The van der Waals surface area contributed by atoms with Crippen LogP contribution in [0.15, 0.2) is 97.5 Å². The fourth-order valence-electron chi connectivity index (χ4n) is 8.10. The Hall–Kier alpha value is -4.46. The molecule has 6 nitrogen and oxygen atoms in total. The molecular formula is C36H14Cl4N4O2. The summed E-state index contributed by atoms with van der Waals surface area (Å²) in [6.45, 7) is 0. The van der Waals surface area contributed by atoms with E-state index in [9.17, 15) is 9.59 Å². The Balaban J connectivity index is 1.32. The van der Waals surface area contributed by atoms with Gasteiger partial charge in [0, 0.05) is 32.3 Å². The standard InChI is InChI=1S/C36H14Cl4N4O2/c37-21-9-25-27(11-23(21)39)43-33(41-25)17-5-1-13-14-2-6-18-32-20(36(46)44-28-12-24(40)22(38)10-26(28)42-34(18)44)8-4-16(30(14)32)15-3-7-19(35(43)45)31(17)29(13)15/h1-12,25,27H. The molecule has 11 rings (SSSR count). The van der Waals surface area contributed by atoms with Gasteiger partial charge in [-0.2, -0.15) is 0 Å². The zero-order valence-corrected chi connectivity index (χ0v) is 26.2. The molecular weight excluding hydrogens is 662 g/mol. The van der Waals surface area contributed by atoms with E-state index in [1.165, 1.54) is 0 Å². The summed E-state index contributed by atoms with van der Waals surface area (Å²) in [7, 11) is 0. The molecule has 9 aromatic rings. The van der Waals surface area contributed by atoms with Crippen LogP contribution in [-0.2, 0) is 0 Å². The number of fused-ring (bicyclic) bond motifs is 10. The van der Waals surface area contributed by atoms with Crippen molar-refractivity contribution in [3.8, 4) is 0 Å². The molecule has 3 aromatic heterocycles. The average molecular weight is 676 g/mol. The van der Waals surface area contributed by atoms with E-state index >= 15 is 0 Å². The number of hydrogen-bond acceptors (Lipinski definition) is 4. The Bertz CT molecular complexity index is 3180. The average Bonchev–Trinajstić information content (AvgIpc) is 3.60. The van der Waals surface area contributed by atoms with Crippen molar-refractivity contribution in [3.05, 3.63) is 119 Å². The highest BCUT2D eigenvalue weighted by Crippen LogP contribution is 2.45. The summed E-state index contributed by atoms with van der Waals surface area (Å²) in [6.07, 6.45) is 3.62. The lowest BCUT2D eigenvalue weighted by atomic mass is 9.86. The Kier molecular flexibility index (Phi) is 4.62. The van der Waals surface area contributed by atoms with Crippen LogP contribution in [0, 0.1) is 0 Å². The van der Waals surface area contributed by atoms with Gasteiger partial charge in [-0.05, 0) is 80.9 Å². The molecule has 2 atom stereocenters. The van der Waals surface area contributed by atoms with E-state index in [2.05, 4.69) is 18.2 Å². The molecule has 0 bridgehead atoms. The monoisotopic (exact) mass is 674 g/mol. The smallest absolute Gasteiger partial charge is 0.264 e. The van der Waals surface area contributed by atoms with Gasteiger partial charge in [-0.25, -0.2) is 4.98 Å². The molecule has 0 fully saturated rings. The van der Waals surface area contributed by atoms with E-state index in [-0.39, 0.29) is 23.2 Å². The van der Waals surface area contributed by atoms with Crippen molar-refractivity contribution in [1.82, 2.24) is 14.0 Å². The summed E-state index contributed by atoms with van der Waals surface area (Å²) >= 11 is 25.4. The highest BCUT2D eigenvalue weighted by molar-refractivity contribution is 6.44. The fourth-order valence-corrected chi connectivity index (χ4v) is 8.80. The van der Waals surface area contributed by atoms with Gasteiger partial charge in [-0.3, -0.25) is 23.5 Å². The van der Waals surface area contributed by atoms with Gasteiger partial charge in [-0.15, -0.1) is 0 Å². The summed E-state index contributed by atoms with van der Waals surface area (Å²) in [6, 6.07) is 18.9. The maximum atomic E-state index is 14.2. The highest BCUT2D eigenvalue weighted by Gasteiger charge is 2.33. The van der Waals surface area contributed by atoms with Crippen LogP contribution >= 0.6 is 46.4 Å². The van der Waals surface area contributed by atoms with Gasteiger partial charge >= 0.3 is 0 Å². The first-order chi connectivity index (χ1) is 22.3. The molecule has 0 saturated heterocycles. The van der Waals surface area contributed by atoms with E-state index in [1.54, 1.807) is 21.1 Å². The molecule has 6 aromatic carbocycles. The lowest BCUT2D eigenvalue weighted by Crippen LogP contribution is -2.34. The second kappa shape index (κ2) is 8.27. The molecule has 0 amide bonds. The SMILES string of the molecule is O=c1c2ccc3c4ccc5c(=O)n6c7cc(Cl)c(Cl)cc7nc6c6ccc(c7ccc(c8n1C1C=C(Cl)C(Cl)=CC1N=8)c2c37)c4c56. The molecule has 0 N–H and O–H groups in total. The van der Waals surface area contributed by atoms with Gasteiger partial charge in [0.15, 0.2) is 0 Å². The third kappa shape index (κ3) is 2.85. The molecule has 2 unspecified atom stereocenters. The van der Waals surface area contributed by atoms with E-state index in [4.69, 9.17) is 56.4 Å². The summed E-state index contributed by atoms with van der Waals surface area (Å²) in [5.74, 6) is 0. The van der Waals surface area contributed by atoms with Crippen LogP contribution in [0.2, 0.25) is 10.0 Å². The second-order valence-electron chi connectivity index (χ2n) is 12.1. The fraction of sp³-hybridized carbons (Fsp3) is 0.0556. The maximum absolute atomic E-state index is 14.2. The van der Waals surface area contributed by atoms with E-state index < -0.39 is 0 Å². The Morgan fingerprint density at radius 3 is 1.80 bits per heavy atom. The number of benzene rings is 6. The van der Waals surface area contributed by atoms with Crippen LogP contribution in [0.1, 0.15) is 6.04 Å². The van der Waals surface area contributed by atoms with Crippen LogP contribution in [0.3, 0.4) is 0 Å². The van der Waals surface area contributed by atoms with Crippen LogP contribution in [0.5, 0.6) is 0 Å². The predicted molar refractivity (Wildman–Crippen MR) is 188 cm³/mol. The van der Waals surface area contributed by atoms with Gasteiger partial charge in [0.1, 0.15) is 11.1 Å². The highest BCUT2D eigenvalue weighted by atomic mass is 35.5. The van der Waals surface area contributed by atoms with Crippen LogP contribution < -0.4 is 16.6 Å². The number of nitrogens with zero attached hydrogens (tertiary/aromatic N) is 4. The van der Waals surface area contributed by atoms with Crippen molar-refractivity contribution in [2.75, 3.05) is 0 Å². The third-order valence-electron chi connectivity index (χ3n) is 9.97. The van der Waals surface area contributed by atoms with Crippen molar-refractivity contribution in [1.29, 1.82) is 0 Å². The van der Waals surface area contributed by atoms with E-state index in [0.717, 1.165) is 53.9 Å². The van der Waals surface area contributed by atoms with Gasteiger partial charge in [0.05, 0.1) is 43.2 Å². The molecule has 0 radical (unpaired) electrons. The molecule has 2 aliphatic rings. The number of halogens is 4. The van der Waals surface area contributed by atoms with Gasteiger partial charge in [0.2, 0.25) is 0 Å². The lowest BCUT2D eigenvalue weighted by Gasteiger charge is -2.21. The lowest BCUT2D eigenvalue weighted by molar-refractivity contribution is 0.575. The number of allylic oxidation sites excluding steroid dienone is 2. The van der Waals surface area contributed by atoms with Gasteiger partial charge in [0.25, 0.3) is 11.1 Å².